The Morgan fingerprint density at radius 1 is 1.31 bits per heavy atom. The van der Waals surface area contributed by atoms with Crippen molar-refractivity contribution in [2.45, 2.75) is 17.8 Å². The highest BCUT2D eigenvalue weighted by Crippen LogP contribution is 2.64. The molecule has 0 radical (unpaired) electrons. The van der Waals surface area contributed by atoms with Gasteiger partial charge in [-0.25, -0.2) is 13.8 Å². The van der Waals surface area contributed by atoms with Crippen LogP contribution in [0.5, 0.6) is 0 Å². The van der Waals surface area contributed by atoms with Crippen molar-refractivity contribution in [3.05, 3.63) is 35.4 Å². The van der Waals surface area contributed by atoms with Crippen LogP contribution in [0, 0.1) is 0 Å². The van der Waals surface area contributed by atoms with Gasteiger partial charge in [-0.3, -0.25) is 4.79 Å². The third kappa shape index (κ3) is 0.993. The number of amides is 1. The Bertz CT molecular complexity index is 541. The van der Waals surface area contributed by atoms with Crippen molar-refractivity contribution in [3.8, 4) is 0 Å². The molecule has 0 N–H and O–H groups in total. The summed E-state index contributed by atoms with van der Waals surface area (Å²) < 4.78 is 27.1. The van der Waals surface area contributed by atoms with Crippen molar-refractivity contribution in [2.24, 2.45) is 4.99 Å². The summed E-state index contributed by atoms with van der Waals surface area (Å²) in [5.74, 6) is -3.28. The van der Waals surface area contributed by atoms with E-state index in [2.05, 4.69) is 20.9 Å². The topological polar surface area (TPSA) is 29.4 Å². The number of halogens is 3. The number of benzene rings is 1. The van der Waals surface area contributed by atoms with Crippen LogP contribution in [0.2, 0.25) is 0 Å². The van der Waals surface area contributed by atoms with E-state index in [0.29, 0.717) is 5.56 Å². The second kappa shape index (κ2) is 2.77. The van der Waals surface area contributed by atoms with E-state index in [0.717, 1.165) is 0 Å². The van der Waals surface area contributed by atoms with Crippen LogP contribution < -0.4 is 0 Å². The minimum atomic E-state index is -2.81. The van der Waals surface area contributed by atoms with Crippen molar-refractivity contribution >= 4 is 26.5 Å². The summed E-state index contributed by atoms with van der Waals surface area (Å²) in [7, 11) is 0. The Hall–Kier alpha value is -1.10. The summed E-state index contributed by atoms with van der Waals surface area (Å²) in [5, 5.41) is 0. The third-order valence-corrected chi connectivity index (χ3v) is 4.01. The molecule has 1 aromatic carbocycles. The van der Waals surface area contributed by atoms with Gasteiger partial charge in [0.1, 0.15) is 10.0 Å². The predicted molar refractivity (Wildman–Crippen MR) is 58.4 cm³/mol. The molecule has 2 nitrogen and oxygen atoms in total. The van der Waals surface area contributed by atoms with Gasteiger partial charge in [0.05, 0.1) is 0 Å². The summed E-state index contributed by atoms with van der Waals surface area (Å²) in [6.07, 6.45) is -0.283. The maximum absolute atomic E-state index is 13.5. The monoisotopic (exact) mass is 285 g/mol. The van der Waals surface area contributed by atoms with E-state index < -0.39 is 17.2 Å². The maximum Gasteiger partial charge on any atom is 0.278 e. The first-order valence-electron chi connectivity index (χ1n) is 4.75. The van der Waals surface area contributed by atoms with Crippen molar-refractivity contribution in [3.63, 3.8) is 0 Å². The SMILES string of the molecule is O=C1N=C(Br)C2(CC2(F)F)c2ccccc21. The zero-order chi connectivity index (χ0) is 11.6. The lowest BCUT2D eigenvalue weighted by Crippen LogP contribution is -2.30. The van der Waals surface area contributed by atoms with Gasteiger partial charge in [0.2, 0.25) is 0 Å². The number of rotatable bonds is 0. The zero-order valence-electron chi connectivity index (χ0n) is 8.01. The maximum atomic E-state index is 13.5. The smallest absolute Gasteiger partial charge is 0.267 e. The quantitative estimate of drug-likeness (QED) is 0.721. The standard InChI is InChI=1S/C11H6BrF2NO/c12-9-10(5-11(10,13)14)7-4-2-1-3-6(7)8(16)15-9/h1-4H,5H2. The zero-order valence-corrected chi connectivity index (χ0v) is 9.59. The second-order valence-electron chi connectivity index (χ2n) is 4.04. The summed E-state index contributed by atoms with van der Waals surface area (Å²) >= 11 is 3.01. The molecular weight excluding hydrogens is 280 g/mol. The molecule has 2 aliphatic rings. The molecule has 1 spiro atoms. The fraction of sp³-hybridized carbons (Fsp3) is 0.273. The molecule has 0 saturated heterocycles. The summed E-state index contributed by atoms with van der Waals surface area (Å²) in [6, 6.07) is 6.43. The van der Waals surface area contributed by atoms with Crippen molar-refractivity contribution in [1.29, 1.82) is 0 Å². The van der Waals surface area contributed by atoms with E-state index in [1.807, 2.05) is 0 Å². The molecule has 1 heterocycles. The van der Waals surface area contributed by atoms with Crippen LogP contribution in [0.4, 0.5) is 8.78 Å². The van der Waals surface area contributed by atoms with Crippen LogP contribution in [0.25, 0.3) is 0 Å². The second-order valence-corrected chi connectivity index (χ2v) is 4.79. The molecule has 1 aromatic rings. The van der Waals surface area contributed by atoms with Crippen molar-refractivity contribution < 1.29 is 13.6 Å². The molecule has 1 unspecified atom stereocenters. The molecular formula is C11H6BrF2NO. The Labute approximate surface area is 98.5 Å². The van der Waals surface area contributed by atoms with Gasteiger partial charge in [0.25, 0.3) is 11.8 Å². The van der Waals surface area contributed by atoms with Crippen LogP contribution in [0.15, 0.2) is 29.3 Å². The van der Waals surface area contributed by atoms with E-state index in [4.69, 9.17) is 0 Å². The molecule has 1 aliphatic heterocycles. The Kier molecular flexibility index (Phi) is 1.74. The van der Waals surface area contributed by atoms with Crippen molar-refractivity contribution in [2.75, 3.05) is 0 Å². The number of carbonyl (C=O) groups excluding carboxylic acids is 1. The third-order valence-electron chi connectivity index (χ3n) is 3.16. The molecule has 5 heteroatoms. The summed E-state index contributed by atoms with van der Waals surface area (Å²) in [5.41, 5.74) is -0.730. The Morgan fingerprint density at radius 2 is 1.94 bits per heavy atom. The van der Waals surface area contributed by atoms with E-state index in [9.17, 15) is 13.6 Å². The minimum absolute atomic E-state index is 0.0497. The van der Waals surface area contributed by atoms with Gasteiger partial charge in [-0.05, 0) is 27.6 Å². The summed E-state index contributed by atoms with van der Waals surface area (Å²) in [4.78, 5) is 15.2. The van der Waals surface area contributed by atoms with Crippen LogP contribution >= 0.6 is 15.9 Å². The first-order valence-corrected chi connectivity index (χ1v) is 5.55. The number of aliphatic imine (C=N–C) groups is 1. The molecule has 82 valence electrons. The molecule has 1 saturated carbocycles. The molecule has 0 bridgehead atoms. The number of alkyl halides is 2. The Balaban J connectivity index is 2.29. The van der Waals surface area contributed by atoms with Crippen LogP contribution in [0.1, 0.15) is 22.3 Å². The Morgan fingerprint density at radius 3 is 2.56 bits per heavy atom. The first kappa shape index (κ1) is 10.1. The van der Waals surface area contributed by atoms with Gasteiger partial charge in [0, 0.05) is 12.0 Å². The molecule has 1 atom stereocenters. The number of fused-ring (bicyclic) bond motifs is 2. The van der Waals surface area contributed by atoms with E-state index in [1.165, 1.54) is 6.07 Å². The lowest BCUT2D eigenvalue weighted by atomic mass is 9.89. The van der Waals surface area contributed by atoms with E-state index in [-0.39, 0.29) is 16.6 Å². The van der Waals surface area contributed by atoms with Crippen molar-refractivity contribution in [1.82, 2.24) is 0 Å². The number of hydrogen-bond donors (Lipinski definition) is 0. The number of nitrogens with zero attached hydrogens (tertiary/aromatic N) is 1. The van der Waals surface area contributed by atoms with Crippen LogP contribution in [-0.4, -0.2) is 16.5 Å². The molecule has 0 aromatic heterocycles. The lowest BCUT2D eigenvalue weighted by Gasteiger charge is -2.21. The number of hydrogen-bond acceptors (Lipinski definition) is 1. The molecule has 16 heavy (non-hydrogen) atoms. The van der Waals surface area contributed by atoms with Gasteiger partial charge in [-0.15, -0.1) is 0 Å². The average Bonchev–Trinajstić information content (AvgIpc) is 2.81. The highest BCUT2D eigenvalue weighted by molar-refractivity contribution is 9.18. The molecule has 3 rings (SSSR count). The highest BCUT2D eigenvalue weighted by atomic mass is 79.9. The van der Waals surface area contributed by atoms with Crippen LogP contribution in [0.3, 0.4) is 0 Å². The molecule has 1 aliphatic carbocycles. The van der Waals surface area contributed by atoms with Gasteiger partial charge in [-0.1, -0.05) is 18.2 Å². The van der Waals surface area contributed by atoms with Gasteiger partial charge < -0.3 is 0 Å². The van der Waals surface area contributed by atoms with Gasteiger partial charge in [-0.2, -0.15) is 0 Å². The fourth-order valence-corrected chi connectivity index (χ4v) is 3.01. The van der Waals surface area contributed by atoms with Crippen LogP contribution in [-0.2, 0) is 5.41 Å². The van der Waals surface area contributed by atoms with Gasteiger partial charge in [0.15, 0.2) is 0 Å². The largest absolute Gasteiger partial charge is 0.278 e. The fourth-order valence-electron chi connectivity index (χ4n) is 2.20. The lowest BCUT2D eigenvalue weighted by molar-refractivity contribution is 0.0963. The molecule has 1 fully saturated rings. The minimum Gasteiger partial charge on any atom is -0.267 e. The first-order chi connectivity index (χ1) is 7.49. The number of carbonyl (C=O) groups is 1. The summed E-state index contributed by atoms with van der Waals surface area (Å²) in [6.45, 7) is 0. The van der Waals surface area contributed by atoms with Gasteiger partial charge >= 0.3 is 0 Å². The predicted octanol–water partition coefficient (Wildman–Crippen LogP) is 2.91. The van der Waals surface area contributed by atoms with E-state index >= 15 is 0 Å². The van der Waals surface area contributed by atoms with E-state index in [1.54, 1.807) is 18.2 Å². The average molecular weight is 286 g/mol. The normalized spacial score (nSPS) is 29.9. The molecule has 1 amide bonds. The highest BCUT2D eigenvalue weighted by Gasteiger charge is 2.76.